The highest BCUT2D eigenvalue weighted by Crippen LogP contribution is 2.27. The number of hydrogen-bond acceptors (Lipinski definition) is 7. The first-order valence-corrected chi connectivity index (χ1v) is 10.4. The zero-order valence-electron chi connectivity index (χ0n) is 18.2. The van der Waals surface area contributed by atoms with Gasteiger partial charge in [-0.3, -0.25) is 4.79 Å². The van der Waals surface area contributed by atoms with Gasteiger partial charge in [-0.2, -0.15) is 28.2 Å². The minimum absolute atomic E-state index is 0.0665. The van der Waals surface area contributed by atoms with Crippen LogP contribution in [-0.2, 0) is 10.9 Å². The molecule has 34 heavy (non-hydrogen) atoms. The number of ether oxygens (including phenoxy) is 1. The van der Waals surface area contributed by atoms with Crippen molar-refractivity contribution in [2.45, 2.75) is 38.3 Å². The SMILES string of the molecule is C[C@@H]1CN(C(=O)c2cc(F)ccc2-n2nccn2)C(CNc2cnc(C(F)(F)F)cn2)[C@H](C)O1. The molecule has 3 aromatic rings. The Kier molecular flexibility index (Phi) is 6.46. The molecule has 1 unspecified atom stereocenters. The van der Waals surface area contributed by atoms with Gasteiger partial charge in [0, 0.05) is 13.1 Å². The van der Waals surface area contributed by atoms with E-state index in [0.717, 1.165) is 12.3 Å². The van der Waals surface area contributed by atoms with Gasteiger partial charge in [0.05, 0.1) is 54.3 Å². The summed E-state index contributed by atoms with van der Waals surface area (Å²) in [6.45, 7) is 3.92. The van der Waals surface area contributed by atoms with Crippen LogP contribution in [0.4, 0.5) is 23.4 Å². The van der Waals surface area contributed by atoms with E-state index in [1.165, 1.54) is 29.3 Å². The fourth-order valence-electron chi connectivity index (χ4n) is 3.80. The van der Waals surface area contributed by atoms with E-state index in [1.807, 2.05) is 6.92 Å². The zero-order chi connectivity index (χ0) is 24.5. The van der Waals surface area contributed by atoms with Crippen molar-refractivity contribution in [3.8, 4) is 5.69 Å². The molecule has 1 aliphatic heterocycles. The number of amides is 1. The molecular weight excluding hydrogens is 458 g/mol. The van der Waals surface area contributed by atoms with Crippen molar-refractivity contribution in [3.05, 3.63) is 60.1 Å². The van der Waals surface area contributed by atoms with Crippen molar-refractivity contribution >= 4 is 11.7 Å². The maximum Gasteiger partial charge on any atom is 0.434 e. The summed E-state index contributed by atoms with van der Waals surface area (Å²) in [6.07, 6.45) is -0.835. The number of aromatic nitrogens is 5. The first kappa shape index (κ1) is 23.5. The molecule has 0 radical (unpaired) electrons. The highest BCUT2D eigenvalue weighted by Gasteiger charge is 2.37. The number of carbonyl (C=O) groups is 1. The normalized spacial score (nSPS) is 20.9. The van der Waals surface area contributed by atoms with E-state index in [2.05, 4.69) is 25.5 Å². The number of alkyl halides is 3. The molecule has 13 heteroatoms. The van der Waals surface area contributed by atoms with Crippen molar-refractivity contribution < 1.29 is 27.1 Å². The van der Waals surface area contributed by atoms with Gasteiger partial charge in [0.1, 0.15) is 11.6 Å². The standard InChI is InChI=1S/C21H21F4N7O2/c1-12-11-31(20(33)15-7-14(22)3-4-16(15)32-29-5-6-30-32)17(13(2)34-12)8-27-19-10-26-18(9-28-19)21(23,24)25/h3-7,9-10,12-13,17H,8,11H2,1-2H3,(H,27,28)/t12-,13+,17?/m1/s1. The zero-order valence-corrected chi connectivity index (χ0v) is 18.2. The number of benzene rings is 1. The Morgan fingerprint density at radius 3 is 2.56 bits per heavy atom. The maximum absolute atomic E-state index is 14.1. The van der Waals surface area contributed by atoms with E-state index in [4.69, 9.17) is 4.74 Å². The minimum atomic E-state index is -4.59. The Morgan fingerprint density at radius 1 is 1.18 bits per heavy atom. The first-order chi connectivity index (χ1) is 16.1. The third kappa shape index (κ3) is 4.98. The van der Waals surface area contributed by atoms with Gasteiger partial charge in [0.2, 0.25) is 0 Å². The minimum Gasteiger partial charge on any atom is -0.372 e. The topological polar surface area (TPSA) is 98.1 Å². The molecule has 0 aliphatic carbocycles. The van der Waals surface area contributed by atoms with Crippen LogP contribution in [-0.4, -0.2) is 67.1 Å². The summed E-state index contributed by atoms with van der Waals surface area (Å²) in [4.78, 5) is 23.5. The number of nitrogens with one attached hydrogen (secondary N) is 1. The van der Waals surface area contributed by atoms with Gasteiger partial charge in [-0.05, 0) is 32.0 Å². The largest absolute Gasteiger partial charge is 0.434 e. The van der Waals surface area contributed by atoms with Gasteiger partial charge in [-0.25, -0.2) is 14.4 Å². The van der Waals surface area contributed by atoms with E-state index in [1.54, 1.807) is 11.8 Å². The first-order valence-electron chi connectivity index (χ1n) is 10.4. The van der Waals surface area contributed by atoms with Crippen LogP contribution in [0.25, 0.3) is 5.69 Å². The molecule has 3 atom stereocenters. The van der Waals surface area contributed by atoms with Crippen molar-refractivity contribution in [1.82, 2.24) is 29.9 Å². The van der Waals surface area contributed by atoms with E-state index < -0.39 is 35.7 Å². The number of rotatable bonds is 5. The second kappa shape index (κ2) is 9.33. The van der Waals surface area contributed by atoms with Crippen LogP contribution >= 0.6 is 0 Å². The quantitative estimate of drug-likeness (QED) is 0.562. The summed E-state index contributed by atoms with van der Waals surface area (Å²) < 4.78 is 58.2. The van der Waals surface area contributed by atoms with Gasteiger partial charge in [-0.15, -0.1) is 0 Å². The number of morpholine rings is 1. The highest BCUT2D eigenvalue weighted by atomic mass is 19.4. The third-order valence-corrected chi connectivity index (χ3v) is 5.36. The molecule has 180 valence electrons. The Bertz CT molecular complexity index is 1140. The Balaban J connectivity index is 1.58. The lowest BCUT2D eigenvalue weighted by molar-refractivity contribution is -0.141. The molecule has 0 saturated carbocycles. The van der Waals surface area contributed by atoms with Gasteiger partial charge in [0.25, 0.3) is 5.91 Å². The summed E-state index contributed by atoms with van der Waals surface area (Å²) in [7, 11) is 0. The van der Waals surface area contributed by atoms with Crippen LogP contribution in [0.15, 0.2) is 43.0 Å². The highest BCUT2D eigenvalue weighted by molar-refractivity contribution is 5.98. The molecule has 4 rings (SSSR count). The predicted molar refractivity (Wildman–Crippen MR) is 112 cm³/mol. The Hall–Kier alpha value is -3.61. The van der Waals surface area contributed by atoms with Crippen LogP contribution in [0.5, 0.6) is 0 Å². The van der Waals surface area contributed by atoms with Crippen LogP contribution in [0.3, 0.4) is 0 Å². The predicted octanol–water partition coefficient (Wildman–Crippen LogP) is 2.95. The van der Waals surface area contributed by atoms with E-state index in [-0.39, 0.29) is 30.6 Å². The average Bonchev–Trinajstić information content (AvgIpc) is 3.32. The summed E-state index contributed by atoms with van der Waals surface area (Å²) in [6, 6.07) is 3.22. The summed E-state index contributed by atoms with van der Waals surface area (Å²) >= 11 is 0. The van der Waals surface area contributed by atoms with E-state index in [0.29, 0.717) is 11.9 Å². The molecule has 2 aromatic heterocycles. The lowest BCUT2D eigenvalue weighted by atomic mass is 10.0. The Labute approximate surface area is 191 Å². The number of halogens is 4. The van der Waals surface area contributed by atoms with Crippen molar-refractivity contribution in [2.75, 3.05) is 18.4 Å². The van der Waals surface area contributed by atoms with Crippen molar-refractivity contribution in [1.29, 1.82) is 0 Å². The number of nitrogens with zero attached hydrogens (tertiary/aromatic N) is 6. The van der Waals surface area contributed by atoms with Crippen LogP contribution < -0.4 is 5.32 Å². The summed E-state index contributed by atoms with van der Waals surface area (Å²) in [5.74, 6) is -0.944. The van der Waals surface area contributed by atoms with Crippen LogP contribution in [0.2, 0.25) is 0 Å². The second-order valence-electron chi connectivity index (χ2n) is 7.82. The molecule has 1 aromatic carbocycles. The molecule has 1 N–H and O–H groups in total. The van der Waals surface area contributed by atoms with E-state index >= 15 is 0 Å². The van der Waals surface area contributed by atoms with Crippen molar-refractivity contribution in [2.24, 2.45) is 0 Å². The summed E-state index contributed by atoms with van der Waals surface area (Å²) in [5.41, 5.74) is -0.732. The van der Waals surface area contributed by atoms with Crippen LogP contribution in [0.1, 0.15) is 29.9 Å². The second-order valence-corrected chi connectivity index (χ2v) is 7.82. The fourth-order valence-corrected chi connectivity index (χ4v) is 3.80. The number of hydrogen-bond donors (Lipinski definition) is 1. The lowest BCUT2D eigenvalue weighted by Crippen LogP contribution is -2.58. The van der Waals surface area contributed by atoms with Gasteiger partial charge < -0.3 is 15.0 Å². The van der Waals surface area contributed by atoms with E-state index in [9.17, 15) is 22.4 Å². The van der Waals surface area contributed by atoms with Gasteiger partial charge in [0.15, 0.2) is 5.69 Å². The molecule has 0 bridgehead atoms. The lowest BCUT2D eigenvalue weighted by Gasteiger charge is -2.43. The average molecular weight is 479 g/mol. The number of carbonyl (C=O) groups excluding carboxylic acids is 1. The third-order valence-electron chi connectivity index (χ3n) is 5.36. The Morgan fingerprint density at radius 2 is 1.91 bits per heavy atom. The molecule has 1 aliphatic rings. The molecule has 1 fully saturated rings. The van der Waals surface area contributed by atoms with Crippen molar-refractivity contribution in [3.63, 3.8) is 0 Å². The number of anilines is 1. The fraction of sp³-hybridized carbons (Fsp3) is 0.381. The van der Waals surface area contributed by atoms with Gasteiger partial charge >= 0.3 is 6.18 Å². The molecular formula is C21H21F4N7O2. The molecule has 1 saturated heterocycles. The molecule has 3 heterocycles. The van der Waals surface area contributed by atoms with Crippen LogP contribution in [0, 0.1) is 5.82 Å². The molecule has 1 amide bonds. The van der Waals surface area contributed by atoms with Gasteiger partial charge in [-0.1, -0.05) is 0 Å². The smallest absolute Gasteiger partial charge is 0.372 e. The maximum atomic E-state index is 14.1. The monoisotopic (exact) mass is 479 g/mol. The molecule has 9 nitrogen and oxygen atoms in total. The summed E-state index contributed by atoms with van der Waals surface area (Å²) in [5, 5.41) is 11.0. The molecule has 0 spiro atoms.